The third-order valence-corrected chi connectivity index (χ3v) is 5.21. The molecule has 1 nitrogen and oxygen atoms in total. The first-order valence-corrected chi connectivity index (χ1v) is 8.00. The molecule has 0 aliphatic carbocycles. The van der Waals surface area contributed by atoms with E-state index in [1.807, 2.05) is 0 Å². The molecule has 100 valence electrons. The number of aryl methyl sites for hydroxylation is 1. The van der Waals surface area contributed by atoms with Gasteiger partial charge in [-0.15, -0.1) is 0 Å². The Labute approximate surface area is 119 Å². The summed E-state index contributed by atoms with van der Waals surface area (Å²) in [6.45, 7) is 6.77. The zero-order chi connectivity index (χ0) is 13.2. The van der Waals surface area contributed by atoms with Crippen LogP contribution in [0.2, 0.25) is 0 Å². The minimum atomic E-state index is 0.357. The number of hydrogen-bond donors (Lipinski definition) is 0. The number of hydrogen-bond acceptors (Lipinski definition) is 1. The molecule has 0 saturated carbocycles. The van der Waals surface area contributed by atoms with E-state index < -0.39 is 0 Å². The van der Waals surface area contributed by atoms with Crippen molar-refractivity contribution in [1.82, 2.24) is 0 Å². The molecule has 1 aliphatic rings. The first kappa shape index (κ1) is 13.9. The number of halogens is 1. The maximum atomic E-state index is 6.08. The van der Waals surface area contributed by atoms with Gasteiger partial charge in [-0.25, -0.2) is 0 Å². The van der Waals surface area contributed by atoms with Crippen LogP contribution in [-0.2, 0) is 6.42 Å². The van der Waals surface area contributed by atoms with Crippen molar-refractivity contribution >= 4 is 15.9 Å². The van der Waals surface area contributed by atoms with E-state index in [0.717, 1.165) is 23.9 Å². The molecule has 0 N–H and O–H groups in total. The molecule has 0 radical (unpaired) electrons. The summed E-state index contributed by atoms with van der Waals surface area (Å²) in [5, 5.41) is 1.06. The molecule has 0 amide bonds. The highest BCUT2D eigenvalue weighted by molar-refractivity contribution is 9.09. The molecule has 2 atom stereocenters. The molecule has 1 aromatic rings. The van der Waals surface area contributed by atoms with Crippen LogP contribution >= 0.6 is 15.9 Å². The van der Waals surface area contributed by atoms with E-state index >= 15 is 0 Å². The summed E-state index contributed by atoms with van der Waals surface area (Å²) in [6, 6.07) is 6.52. The molecule has 1 aromatic carbocycles. The van der Waals surface area contributed by atoms with Gasteiger partial charge in [0.15, 0.2) is 0 Å². The largest absolute Gasteiger partial charge is 0.490 e. The van der Waals surface area contributed by atoms with Gasteiger partial charge in [0.25, 0.3) is 0 Å². The molecule has 1 heterocycles. The van der Waals surface area contributed by atoms with Gasteiger partial charge in [-0.05, 0) is 36.8 Å². The van der Waals surface area contributed by atoms with Crippen molar-refractivity contribution in [2.75, 3.05) is 5.33 Å². The van der Waals surface area contributed by atoms with Crippen LogP contribution in [0.3, 0.4) is 0 Å². The van der Waals surface area contributed by atoms with Crippen molar-refractivity contribution in [3.05, 3.63) is 29.3 Å². The number of benzene rings is 1. The highest BCUT2D eigenvalue weighted by atomic mass is 79.9. The van der Waals surface area contributed by atoms with Crippen molar-refractivity contribution < 1.29 is 4.74 Å². The standard InChI is InChI=1S/C16H23BrO/c1-4-7-16(3,11-17)10-14-9-13-8-12(2)5-6-15(13)18-14/h5-6,8,14H,4,7,9-11H2,1-3H3. The molecule has 2 rings (SSSR count). The van der Waals surface area contributed by atoms with E-state index in [-0.39, 0.29) is 0 Å². The Morgan fingerprint density at radius 2 is 2.22 bits per heavy atom. The van der Waals surface area contributed by atoms with Gasteiger partial charge in [-0.2, -0.15) is 0 Å². The highest BCUT2D eigenvalue weighted by Crippen LogP contribution is 2.38. The molecule has 0 spiro atoms. The predicted molar refractivity (Wildman–Crippen MR) is 80.7 cm³/mol. The van der Waals surface area contributed by atoms with Crippen LogP contribution in [0.4, 0.5) is 0 Å². The molecule has 0 saturated heterocycles. The Hall–Kier alpha value is -0.500. The smallest absolute Gasteiger partial charge is 0.123 e. The topological polar surface area (TPSA) is 9.23 Å². The van der Waals surface area contributed by atoms with Crippen LogP contribution in [-0.4, -0.2) is 11.4 Å². The second kappa shape index (κ2) is 5.64. The van der Waals surface area contributed by atoms with Crippen molar-refractivity contribution in [3.8, 4) is 5.75 Å². The number of fused-ring (bicyclic) bond motifs is 1. The molecule has 0 fully saturated rings. The second-order valence-electron chi connectivity index (χ2n) is 5.95. The zero-order valence-electron chi connectivity index (χ0n) is 11.6. The monoisotopic (exact) mass is 310 g/mol. The molecule has 18 heavy (non-hydrogen) atoms. The zero-order valence-corrected chi connectivity index (χ0v) is 13.2. The first-order valence-electron chi connectivity index (χ1n) is 6.88. The minimum absolute atomic E-state index is 0.357. The SMILES string of the molecule is CCCC(C)(CBr)CC1Cc2cc(C)ccc2O1. The van der Waals surface area contributed by atoms with E-state index in [0.29, 0.717) is 11.5 Å². The fraction of sp³-hybridized carbons (Fsp3) is 0.625. The van der Waals surface area contributed by atoms with Gasteiger partial charge < -0.3 is 4.74 Å². The number of rotatable bonds is 5. The molecular formula is C16H23BrO. The van der Waals surface area contributed by atoms with E-state index in [1.165, 1.54) is 24.0 Å². The van der Waals surface area contributed by atoms with Crippen LogP contribution in [0.25, 0.3) is 0 Å². The molecule has 2 unspecified atom stereocenters. The average molecular weight is 311 g/mol. The summed E-state index contributed by atoms with van der Waals surface area (Å²) in [5.41, 5.74) is 3.07. The Bertz CT molecular complexity index is 416. The summed E-state index contributed by atoms with van der Waals surface area (Å²) in [4.78, 5) is 0. The van der Waals surface area contributed by atoms with Crippen molar-refractivity contribution in [2.45, 2.75) is 52.6 Å². The minimum Gasteiger partial charge on any atom is -0.490 e. The normalized spacial score (nSPS) is 21.2. The van der Waals surface area contributed by atoms with Crippen molar-refractivity contribution in [1.29, 1.82) is 0 Å². The maximum Gasteiger partial charge on any atom is 0.123 e. The quantitative estimate of drug-likeness (QED) is 0.704. The molecule has 1 aliphatic heterocycles. The number of alkyl halides is 1. The molecule has 0 aromatic heterocycles. The van der Waals surface area contributed by atoms with Gasteiger partial charge in [0, 0.05) is 11.8 Å². The van der Waals surface area contributed by atoms with Gasteiger partial charge in [-0.1, -0.05) is 53.9 Å². The summed E-state index contributed by atoms with van der Waals surface area (Å²) < 4.78 is 6.08. The van der Waals surface area contributed by atoms with Gasteiger partial charge in [0.2, 0.25) is 0 Å². The van der Waals surface area contributed by atoms with E-state index in [1.54, 1.807) is 0 Å². The molecule has 2 heteroatoms. The Balaban J connectivity index is 2.02. The first-order chi connectivity index (χ1) is 8.56. The predicted octanol–water partition coefficient (Wildman–Crippen LogP) is 4.89. The summed E-state index contributed by atoms with van der Waals surface area (Å²) in [6.07, 6.45) is 5.06. The average Bonchev–Trinajstić information content (AvgIpc) is 2.70. The van der Waals surface area contributed by atoms with Gasteiger partial charge >= 0.3 is 0 Å². The van der Waals surface area contributed by atoms with Crippen LogP contribution in [0.5, 0.6) is 5.75 Å². The fourth-order valence-corrected chi connectivity index (χ4v) is 3.45. The van der Waals surface area contributed by atoms with Crippen LogP contribution < -0.4 is 4.74 Å². The van der Waals surface area contributed by atoms with Crippen LogP contribution in [0.15, 0.2) is 18.2 Å². The second-order valence-corrected chi connectivity index (χ2v) is 6.51. The van der Waals surface area contributed by atoms with Crippen molar-refractivity contribution in [2.24, 2.45) is 5.41 Å². The lowest BCUT2D eigenvalue weighted by atomic mass is 9.81. The lowest BCUT2D eigenvalue weighted by molar-refractivity contribution is 0.153. The van der Waals surface area contributed by atoms with E-state index in [4.69, 9.17) is 4.74 Å². The fourth-order valence-electron chi connectivity index (χ4n) is 2.94. The Morgan fingerprint density at radius 1 is 1.44 bits per heavy atom. The van der Waals surface area contributed by atoms with Crippen LogP contribution in [0, 0.1) is 12.3 Å². The van der Waals surface area contributed by atoms with Crippen LogP contribution in [0.1, 0.15) is 44.2 Å². The molecule has 0 bridgehead atoms. The molecular weight excluding hydrogens is 288 g/mol. The number of ether oxygens (including phenoxy) is 1. The van der Waals surface area contributed by atoms with Gasteiger partial charge in [0.1, 0.15) is 11.9 Å². The lowest BCUT2D eigenvalue weighted by Gasteiger charge is -2.29. The Kier molecular flexibility index (Phi) is 4.37. The maximum absolute atomic E-state index is 6.08. The Morgan fingerprint density at radius 3 is 2.89 bits per heavy atom. The third-order valence-electron chi connectivity index (χ3n) is 3.85. The summed E-state index contributed by atoms with van der Waals surface area (Å²) >= 11 is 3.67. The van der Waals surface area contributed by atoms with E-state index in [2.05, 4.69) is 54.9 Å². The summed E-state index contributed by atoms with van der Waals surface area (Å²) in [5.74, 6) is 1.10. The highest BCUT2D eigenvalue weighted by Gasteiger charge is 2.31. The van der Waals surface area contributed by atoms with Crippen molar-refractivity contribution in [3.63, 3.8) is 0 Å². The van der Waals surface area contributed by atoms with Gasteiger partial charge in [0.05, 0.1) is 0 Å². The van der Waals surface area contributed by atoms with E-state index in [9.17, 15) is 0 Å². The van der Waals surface area contributed by atoms with Gasteiger partial charge in [-0.3, -0.25) is 0 Å². The third kappa shape index (κ3) is 3.09. The summed E-state index contributed by atoms with van der Waals surface area (Å²) in [7, 11) is 0. The lowest BCUT2D eigenvalue weighted by Crippen LogP contribution is -2.27.